The van der Waals surface area contributed by atoms with E-state index >= 15 is 0 Å². The van der Waals surface area contributed by atoms with Crippen molar-refractivity contribution in [1.29, 1.82) is 0 Å². The van der Waals surface area contributed by atoms with Gasteiger partial charge in [-0.15, -0.1) is 11.8 Å². The van der Waals surface area contributed by atoms with E-state index in [2.05, 4.69) is 5.32 Å². The monoisotopic (exact) mass is 207 g/mol. The lowest BCUT2D eigenvalue weighted by molar-refractivity contribution is -0.131. The third-order valence-corrected chi connectivity index (χ3v) is 2.99. The second-order valence-corrected chi connectivity index (χ2v) is 3.93. The van der Waals surface area contributed by atoms with Crippen LogP contribution in [0.3, 0.4) is 0 Å². The molecule has 1 aliphatic rings. The average Bonchev–Trinajstić information content (AvgIpc) is 2.17. The zero-order valence-electron chi connectivity index (χ0n) is 7.36. The van der Waals surface area contributed by atoms with Crippen LogP contribution in [0, 0.1) is 0 Å². The summed E-state index contributed by atoms with van der Waals surface area (Å²) in [6.07, 6.45) is 1.21. The zero-order valence-corrected chi connectivity index (χ0v) is 8.17. The molecular weight excluding hydrogens is 198 g/mol. The number of carboxylic acids is 1. The number of carboxylic acid groups (broad SMARTS) is 1. The first kappa shape index (κ1) is 9.15. The maximum atomic E-state index is 10.5. The van der Waals surface area contributed by atoms with Crippen LogP contribution in [0.1, 0.15) is 0 Å². The first-order chi connectivity index (χ1) is 6.75. The number of para-hydroxylation sites is 1. The molecule has 1 heterocycles. The molecule has 0 aliphatic carbocycles. The van der Waals surface area contributed by atoms with Crippen molar-refractivity contribution in [1.82, 2.24) is 0 Å². The summed E-state index contributed by atoms with van der Waals surface area (Å²) in [5.41, 5.74) is 1.72. The maximum Gasteiger partial charge on any atom is 0.330 e. The number of carbonyl (C=O) groups is 1. The van der Waals surface area contributed by atoms with Crippen molar-refractivity contribution in [2.45, 2.75) is 4.90 Å². The minimum absolute atomic E-state index is 0.684. The Morgan fingerprint density at radius 1 is 1.50 bits per heavy atom. The summed E-state index contributed by atoms with van der Waals surface area (Å²) in [6.45, 7) is 0. The van der Waals surface area contributed by atoms with E-state index in [-0.39, 0.29) is 0 Å². The fraction of sp³-hybridized carbons (Fsp3) is 0.100. The van der Waals surface area contributed by atoms with Crippen molar-refractivity contribution in [2.24, 2.45) is 0 Å². The number of benzene rings is 1. The summed E-state index contributed by atoms with van der Waals surface area (Å²) in [4.78, 5) is 11.6. The van der Waals surface area contributed by atoms with E-state index < -0.39 is 5.97 Å². The van der Waals surface area contributed by atoms with Crippen LogP contribution in [-0.2, 0) is 4.79 Å². The van der Waals surface area contributed by atoms with Gasteiger partial charge in [0.2, 0.25) is 0 Å². The van der Waals surface area contributed by atoms with Gasteiger partial charge in [-0.2, -0.15) is 0 Å². The summed E-state index contributed by atoms with van der Waals surface area (Å²) in [5.74, 6) is -0.226. The highest BCUT2D eigenvalue weighted by molar-refractivity contribution is 7.99. The number of thioether (sulfide) groups is 1. The molecule has 0 saturated carbocycles. The molecule has 2 rings (SSSR count). The van der Waals surface area contributed by atoms with Crippen LogP contribution in [-0.4, -0.2) is 16.8 Å². The summed E-state index contributed by atoms with van der Waals surface area (Å²) in [5, 5.41) is 11.7. The van der Waals surface area contributed by atoms with Crippen molar-refractivity contribution in [3.8, 4) is 0 Å². The number of rotatable bonds is 1. The molecule has 0 bridgehead atoms. The predicted octanol–water partition coefficient (Wildman–Crippen LogP) is 2.17. The minimum atomic E-state index is -0.910. The van der Waals surface area contributed by atoms with Gasteiger partial charge >= 0.3 is 5.97 Å². The first-order valence-electron chi connectivity index (χ1n) is 4.18. The molecule has 0 spiro atoms. The zero-order chi connectivity index (χ0) is 9.97. The Morgan fingerprint density at radius 2 is 2.29 bits per heavy atom. The van der Waals surface area contributed by atoms with Gasteiger partial charge in [0.1, 0.15) is 0 Å². The fourth-order valence-electron chi connectivity index (χ4n) is 1.29. The van der Waals surface area contributed by atoms with Gasteiger partial charge in [-0.3, -0.25) is 0 Å². The molecule has 0 aromatic heterocycles. The highest BCUT2D eigenvalue weighted by Gasteiger charge is 2.12. The molecule has 1 aliphatic heterocycles. The highest BCUT2D eigenvalue weighted by atomic mass is 32.2. The van der Waals surface area contributed by atoms with Crippen LogP contribution in [0.15, 0.2) is 40.9 Å². The van der Waals surface area contributed by atoms with E-state index in [1.807, 2.05) is 24.3 Å². The van der Waals surface area contributed by atoms with Crippen LogP contribution in [0.25, 0.3) is 0 Å². The molecule has 1 aromatic rings. The van der Waals surface area contributed by atoms with E-state index in [4.69, 9.17) is 5.11 Å². The average molecular weight is 207 g/mol. The molecule has 72 valence electrons. The third-order valence-electron chi connectivity index (χ3n) is 1.86. The lowest BCUT2D eigenvalue weighted by Crippen LogP contribution is -2.10. The molecule has 2 N–H and O–H groups in total. The lowest BCUT2D eigenvalue weighted by atomic mass is 10.3. The molecule has 0 unspecified atom stereocenters. The Kier molecular flexibility index (Phi) is 2.45. The summed E-state index contributed by atoms with van der Waals surface area (Å²) in [7, 11) is 0. The Bertz CT molecular complexity index is 401. The van der Waals surface area contributed by atoms with Crippen molar-refractivity contribution in [2.75, 3.05) is 11.1 Å². The molecule has 14 heavy (non-hydrogen) atoms. The van der Waals surface area contributed by atoms with Crippen LogP contribution in [0.4, 0.5) is 5.69 Å². The minimum Gasteiger partial charge on any atom is -0.478 e. The smallest absolute Gasteiger partial charge is 0.330 e. The van der Waals surface area contributed by atoms with Gasteiger partial charge in [0.15, 0.2) is 0 Å². The molecule has 3 nitrogen and oxygen atoms in total. The molecule has 0 fully saturated rings. The van der Waals surface area contributed by atoms with Crippen LogP contribution >= 0.6 is 11.8 Å². The van der Waals surface area contributed by atoms with E-state index in [1.165, 1.54) is 6.08 Å². The van der Waals surface area contributed by atoms with Gasteiger partial charge in [0, 0.05) is 22.4 Å². The number of nitrogens with one attached hydrogen (secondary N) is 1. The second kappa shape index (κ2) is 3.75. The molecule has 0 radical (unpaired) electrons. The molecule has 1 aromatic carbocycles. The molecule has 4 heteroatoms. The van der Waals surface area contributed by atoms with Crippen LogP contribution < -0.4 is 5.32 Å². The third kappa shape index (κ3) is 1.90. The Morgan fingerprint density at radius 3 is 3.07 bits per heavy atom. The number of anilines is 1. The molecule has 0 saturated heterocycles. The van der Waals surface area contributed by atoms with Gasteiger partial charge < -0.3 is 10.4 Å². The van der Waals surface area contributed by atoms with Crippen molar-refractivity contribution < 1.29 is 9.90 Å². The van der Waals surface area contributed by atoms with E-state index in [1.54, 1.807) is 11.8 Å². The SMILES string of the molecule is O=C(O)/C=C1/CSc2ccccc2N1. The Hall–Kier alpha value is -1.42. The normalized spacial score (nSPS) is 17.3. The van der Waals surface area contributed by atoms with Crippen molar-refractivity contribution in [3.63, 3.8) is 0 Å². The first-order valence-corrected chi connectivity index (χ1v) is 5.16. The number of aliphatic carboxylic acids is 1. The predicted molar refractivity (Wildman–Crippen MR) is 56.5 cm³/mol. The van der Waals surface area contributed by atoms with Gasteiger partial charge in [0.05, 0.1) is 5.69 Å². The Balaban J connectivity index is 2.25. The summed E-state index contributed by atoms with van der Waals surface area (Å²) in [6, 6.07) is 7.86. The van der Waals surface area contributed by atoms with Crippen molar-refractivity contribution >= 4 is 23.4 Å². The maximum absolute atomic E-state index is 10.5. The van der Waals surface area contributed by atoms with Gasteiger partial charge in [-0.05, 0) is 12.1 Å². The number of hydrogen-bond acceptors (Lipinski definition) is 3. The standard InChI is InChI=1S/C10H9NO2S/c12-10(13)5-7-6-14-9-4-2-1-3-8(9)11-7/h1-5,11H,6H2,(H,12,13)/b7-5-. The number of fused-ring (bicyclic) bond motifs is 1. The molecule has 0 amide bonds. The fourth-order valence-corrected chi connectivity index (χ4v) is 2.20. The van der Waals surface area contributed by atoms with Crippen LogP contribution in [0.5, 0.6) is 0 Å². The summed E-state index contributed by atoms with van der Waals surface area (Å²) >= 11 is 1.64. The largest absolute Gasteiger partial charge is 0.478 e. The van der Waals surface area contributed by atoms with E-state index in [9.17, 15) is 4.79 Å². The Labute approximate surface area is 85.8 Å². The lowest BCUT2D eigenvalue weighted by Gasteiger charge is -2.19. The highest BCUT2D eigenvalue weighted by Crippen LogP contribution is 2.33. The van der Waals surface area contributed by atoms with E-state index in [0.29, 0.717) is 5.75 Å². The van der Waals surface area contributed by atoms with Crippen molar-refractivity contribution in [3.05, 3.63) is 36.0 Å². The number of hydrogen-bond donors (Lipinski definition) is 2. The summed E-state index contributed by atoms with van der Waals surface area (Å²) < 4.78 is 0. The molecular formula is C10H9NO2S. The van der Waals surface area contributed by atoms with Gasteiger partial charge in [-0.25, -0.2) is 4.79 Å². The van der Waals surface area contributed by atoms with E-state index in [0.717, 1.165) is 16.3 Å². The molecule has 0 atom stereocenters. The second-order valence-electron chi connectivity index (χ2n) is 2.92. The van der Waals surface area contributed by atoms with Crippen LogP contribution in [0.2, 0.25) is 0 Å². The van der Waals surface area contributed by atoms with Gasteiger partial charge in [-0.1, -0.05) is 12.1 Å². The quantitative estimate of drug-likeness (QED) is 0.693. The van der Waals surface area contributed by atoms with Gasteiger partial charge in [0.25, 0.3) is 0 Å². The topological polar surface area (TPSA) is 49.3 Å².